The molecule has 0 fully saturated rings. The maximum atomic E-state index is 5.76. The summed E-state index contributed by atoms with van der Waals surface area (Å²) in [4.78, 5) is 2.12. The first-order chi connectivity index (χ1) is 11.6. The Kier molecular flexibility index (Phi) is 5.27. The molecule has 0 atom stereocenters. The van der Waals surface area contributed by atoms with Crippen LogP contribution in [0.3, 0.4) is 0 Å². The van der Waals surface area contributed by atoms with Gasteiger partial charge in [0, 0.05) is 16.6 Å². The monoisotopic (exact) mass is 387 g/mol. The molecule has 3 aromatic rings. The summed E-state index contributed by atoms with van der Waals surface area (Å²) in [7, 11) is 3.69. The second-order valence-corrected chi connectivity index (χ2v) is 6.45. The molecule has 0 spiro atoms. The first-order valence-corrected chi connectivity index (χ1v) is 8.33. The minimum absolute atomic E-state index is 0.535. The molecular weight excluding hydrogens is 370 g/mol. The van der Waals surface area contributed by atoms with E-state index in [-0.39, 0.29) is 0 Å². The third-order valence-corrected chi connectivity index (χ3v) is 4.08. The van der Waals surface area contributed by atoms with Crippen molar-refractivity contribution in [3.05, 3.63) is 64.5 Å². The van der Waals surface area contributed by atoms with E-state index in [1.165, 1.54) is 5.56 Å². The van der Waals surface area contributed by atoms with E-state index >= 15 is 0 Å². The number of nitrogens with zero attached hydrogens (tertiary/aromatic N) is 3. The smallest absolute Gasteiger partial charge is 0.247 e. The number of benzene rings is 2. The predicted octanol–water partition coefficient (Wildman–Crippen LogP) is 4.14. The summed E-state index contributed by atoms with van der Waals surface area (Å²) in [5.74, 6) is 1.99. The Morgan fingerprint density at radius 3 is 2.62 bits per heavy atom. The molecule has 0 N–H and O–H groups in total. The Morgan fingerprint density at radius 2 is 1.88 bits per heavy atom. The van der Waals surface area contributed by atoms with Crippen molar-refractivity contribution in [2.45, 2.75) is 13.1 Å². The highest BCUT2D eigenvalue weighted by Crippen LogP contribution is 2.21. The average molecular weight is 388 g/mol. The molecule has 0 bridgehead atoms. The van der Waals surface area contributed by atoms with Gasteiger partial charge in [0.1, 0.15) is 5.75 Å². The van der Waals surface area contributed by atoms with Crippen molar-refractivity contribution in [2.75, 3.05) is 14.2 Å². The highest BCUT2D eigenvalue weighted by atomic mass is 79.9. The van der Waals surface area contributed by atoms with E-state index in [0.717, 1.165) is 22.3 Å². The molecule has 1 heterocycles. The second kappa shape index (κ2) is 7.59. The van der Waals surface area contributed by atoms with Crippen LogP contribution in [0.4, 0.5) is 0 Å². The molecule has 24 heavy (non-hydrogen) atoms. The highest BCUT2D eigenvalue weighted by molar-refractivity contribution is 9.10. The number of methoxy groups -OCH3 is 1. The zero-order valence-corrected chi connectivity index (χ0v) is 15.2. The van der Waals surface area contributed by atoms with Gasteiger partial charge in [0.15, 0.2) is 0 Å². The van der Waals surface area contributed by atoms with Crippen molar-refractivity contribution < 1.29 is 9.15 Å². The average Bonchev–Trinajstić information content (AvgIpc) is 3.04. The zero-order valence-electron chi connectivity index (χ0n) is 13.6. The van der Waals surface area contributed by atoms with Crippen LogP contribution < -0.4 is 4.74 Å². The largest absolute Gasteiger partial charge is 0.497 e. The van der Waals surface area contributed by atoms with Gasteiger partial charge < -0.3 is 9.15 Å². The van der Waals surface area contributed by atoms with Crippen molar-refractivity contribution in [1.29, 1.82) is 0 Å². The Hall–Kier alpha value is -2.18. The van der Waals surface area contributed by atoms with Crippen LogP contribution in [-0.2, 0) is 13.1 Å². The van der Waals surface area contributed by atoms with E-state index in [1.54, 1.807) is 7.11 Å². The molecule has 5 nitrogen and oxygen atoms in total. The molecular formula is C18H18BrN3O2. The van der Waals surface area contributed by atoms with Gasteiger partial charge in [-0.05, 0) is 49.0 Å². The quantitative estimate of drug-likeness (QED) is 0.635. The summed E-state index contributed by atoms with van der Waals surface area (Å²) in [6, 6.07) is 15.8. The molecule has 0 saturated carbocycles. The SMILES string of the molecule is COc1cccc(CN(C)Cc2nnc(-c3ccc(Br)cc3)o2)c1. The van der Waals surface area contributed by atoms with Gasteiger partial charge in [-0.25, -0.2) is 0 Å². The van der Waals surface area contributed by atoms with E-state index in [1.807, 2.05) is 49.5 Å². The van der Waals surface area contributed by atoms with Crippen LogP contribution in [0.25, 0.3) is 11.5 Å². The maximum Gasteiger partial charge on any atom is 0.247 e. The first-order valence-electron chi connectivity index (χ1n) is 7.54. The molecule has 0 unspecified atom stereocenters. The lowest BCUT2D eigenvalue weighted by atomic mass is 10.2. The van der Waals surface area contributed by atoms with Gasteiger partial charge in [-0.2, -0.15) is 0 Å². The van der Waals surface area contributed by atoms with Gasteiger partial charge in [-0.1, -0.05) is 28.1 Å². The van der Waals surface area contributed by atoms with Crippen LogP contribution >= 0.6 is 15.9 Å². The molecule has 0 aliphatic carbocycles. The second-order valence-electron chi connectivity index (χ2n) is 5.53. The van der Waals surface area contributed by atoms with Crippen molar-refractivity contribution >= 4 is 15.9 Å². The molecule has 0 aliphatic heterocycles. The summed E-state index contributed by atoms with van der Waals surface area (Å²) in [6.45, 7) is 1.36. The summed E-state index contributed by atoms with van der Waals surface area (Å²) in [6.07, 6.45) is 0. The number of rotatable bonds is 6. The lowest BCUT2D eigenvalue weighted by Crippen LogP contribution is -2.17. The summed E-state index contributed by atoms with van der Waals surface area (Å²) in [5.41, 5.74) is 2.08. The zero-order chi connectivity index (χ0) is 16.9. The summed E-state index contributed by atoms with van der Waals surface area (Å²) >= 11 is 3.42. The lowest BCUT2D eigenvalue weighted by molar-refractivity contribution is 0.282. The fourth-order valence-electron chi connectivity index (χ4n) is 2.40. The van der Waals surface area contributed by atoms with E-state index in [9.17, 15) is 0 Å². The standard InChI is InChI=1S/C18H18BrN3O2/c1-22(11-13-4-3-5-16(10-13)23-2)12-17-20-21-18(24-17)14-6-8-15(19)9-7-14/h3-10H,11-12H2,1-2H3. The van der Waals surface area contributed by atoms with Gasteiger partial charge in [0.2, 0.25) is 11.8 Å². The molecule has 0 radical (unpaired) electrons. The molecule has 124 valence electrons. The maximum absolute atomic E-state index is 5.76. The number of hydrogen-bond acceptors (Lipinski definition) is 5. The van der Waals surface area contributed by atoms with Crippen molar-refractivity contribution in [2.24, 2.45) is 0 Å². The number of ether oxygens (including phenoxy) is 1. The Morgan fingerprint density at radius 1 is 1.08 bits per heavy atom. The topological polar surface area (TPSA) is 51.4 Å². The van der Waals surface area contributed by atoms with E-state index in [4.69, 9.17) is 9.15 Å². The van der Waals surface area contributed by atoms with Crippen LogP contribution in [0.5, 0.6) is 5.75 Å². The van der Waals surface area contributed by atoms with Crippen molar-refractivity contribution in [3.8, 4) is 17.2 Å². The van der Waals surface area contributed by atoms with Crippen molar-refractivity contribution in [3.63, 3.8) is 0 Å². The molecule has 0 saturated heterocycles. The molecule has 2 aromatic carbocycles. The van der Waals surface area contributed by atoms with Crippen LogP contribution in [0, 0.1) is 0 Å². The summed E-state index contributed by atoms with van der Waals surface area (Å²) < 4.78 is 12.0. The molecule has 0 aliphatic rings. The Bertz CT molecular complexity index is 802. The Balaban J connectivity index is 1.64. The minimum Gasteiger partial charge on any atom is -0.497 e. The molecule has 6 heteroatoms. The molecule has 3 rings (SSSR count). The van der Waals surface area contributed by atoms with E-state index in [0.29, 0.717) is 18.3 Å². The van der Waals surface area contributed by atoms with Crippen LogP contribution in [0.2, 0.25) is 0 Å². The predicted molar refractivity (Wildman–Crippen MR) is 95.6 cm³/mol. The third kappa shape index (κ3) is 4.21. The number of halogens is 1. The summed E-state index contributed by atoms with van der Waals surface area (Å²) in [5, 5.41) is 8.26. The number of aromatic nitrogens is 2. The van der Waals surface area contributed by atoms with Crippen LogP contribution in [0.1, 0.15) is 11.5 Å². The van der Waals surface area contributed by atoms with Gasteiger partial charge in [0.05, 0.1) is 13.7 Å². The van der Waals surface area contributed by atoms with Gasteiger partial charge in [0.25, 0.3) is 0 Å². The first kappa shape index (κ1) is 16.7. The van der Waals surface area contributed by atoms with Crippen LogP contribution in [0.15, 0.2) is 57.4 Å². The lowest BCUT2D eigenvalue weighted by Gasteiger charge is -2.14. The van der Waals surface area contributed by atoms with E-state index < -0.39 is 0 Å². The Labute approximate surface area is 149 Å². The molecule has 1 aromatic heterocycles. The van der Waals surface area contributed by atoms with Crippen LogP contribution in [-0.4, -0.2) is 29.3 Å². The highest BCUT2D eigenvalue weighted by Gasteiger charge is 2.11. The minimum atomic E-state index is 0.535. The fourth-order valence-corrected chi connectivity index (χ4v) is 2.66. The normalized spacial score (nSPS) is 11.0. The van der Waals surface area contributed by atoms with E-state index in [2.05, 4.69) is 37.1 Å². The fraction of sp³-hybridized carbons (Fsp3) is 0.222. The van der Waals surface area contributed by atoms with Gasteiger partial charge >= 0.3 is 0 Å². The molecule has 0 amide bonds. The van der Waals surface area contributed by atoms with Gasteiger partial charge in [-0.15, -0.1) is 10.2 Å². The number of hydrogen-bond donors (Lipinski definition) is 0. The van der Waals surface area contributed by atoms with Crippen molar-refractivity contribution in [1.82, 2.24) is 15.1 Å². The van der Waals surface area contributed by atoms with Gasteiger partial charge in [-0.3, -0.25) is 4.90 Å². The third-order valence-electron chi connectivity index (χ3n) is 3.55.